The first-order chi connectivity index (χ1) is 14.0. The lowest BCUT2D eigenvalue weighted by molar-refractivity contribution is -0.141. The summed E-state index contributed by atoms with van der Waals surface area (Å²) in [6.07, 6.45) is 1.71. The highest BCUT2D eigenvalue weighted by Crippen LogP contribution is 2.52. The fraction of sp³-hybridized carbons (Fsp3) is 0.273. The van der Waals surface area contributed by atoms with E-state index in [4.69, 9.17) is 0 Å². The van der Waals surface area contributed by atoms with Gasteiger partial charge in [0.05, 0.1) is 24.1 Å². The van der Waals surface area contributed by atoms with E-state index in [1.807, 2.05) is 24.3 Å². The van der Waals surface area contributed by atoms with E-state index in [0.717, 1.165) is 15.6 Å². The largest absolute Gasteiger partial charge is 0.292 e. The summed E-state index contributed by atoms with van der Waals surface area (Å²) in [6.45, 7) is 2.09. The number of Topliss-reactive ketones (excluding diaryl/α,β-unsaturated/α-hetero) is 1. The van der Waals surface area contributed by atoms with Gasteiger partial charge in [0.1, 0.15) is 6.04 Å². The molecule has 2 aromatic rings. The van der Waals surface area contributed by atoms with Gasteiger partial charge in [-0.2, -0.15) is 5.10 Å². The zero-order valence-electron chi connectivity index (χ0n) is 15.7. The molecule has 3 heterocycles. The Morgan fingerprint density at radius 3 is 2.45 bits per heavy atom. The van der Waals surface area contributed by atoms with Gasteiger partial charge in [-0.1, -0.05) is 52.3 Å². The Labute approximate surface area is 176 Å². The number of carbonyl (C=O) groups excluding carboxylic acids is 3. The molecule has 2 fully saturated rings. The number of fused-ring (bicyclic) bond motifs is 5. The lowest BCUT2D eigenvalue weighted by Gasteiger charge is -2.33. The summed E-state index contributed by atoms with van der Waals surface area (Å²) in [5.41, 5.74) is 2.35. The van der Waals surface area contributed by atoms with Gasteiger partial charge in [-0.25, -0.2) is 0 Å². The van der Waals surface area contributed by atoms with Gasteiger partial charge in [-0.3, -0.25) is 24.3 Å². The summed E-state index contributed by atoms with van der Waals surface area (Å²) in [6, 6.07) is 13.6. The number of imide groups is 1. The van der Waals surface area contributed by atoms with Crippen LogP contribution in [-0.4, -0.2) is 46.3 Å². The monoisotopic (exact) mass is 451 g/mol. The van der Waals surface area contributed by atoms with Crippen LogP contribution in [0.3, 0.4) is 0 Å². The quantitative estimate of drug-likeness (QED) is 0.531. The highest BCUT2D eigenvalue weighted by molar-refractivity contribution is 9.10. The summed E-state index contributed by atoms with van der Waals surface area (Å²) >= 11 is 3.38. The molecule has 0 saturated carbocycles. The second-order valence-corrected chi connectivity index (χ2v) is 8.40. The molecule has 0 radical (unpaired) electrons. The smallest absolute Gasteiger partial charge is 0.235 e. The van der Waals surface area contributed by atoms with Crippen LogP contribution in [0.15, 0.2) is 58.1 Å². The minimum absolute atomic E-state index is 0.189. The van der Waals surface area contributed by atoms with E-state index in [1.165, 1.54) is 4.90 Å². The number of amides is 2. The van der Waals surface area contributed by atoms with Crippen LogP contribution in [0.2, 0.25) is 0 Å². The third-order valence-electron chi connectivity index (χ3n) is 6.10. The van der Waals surface area contributed by atoms with Gasteiger partial charge in [-0.05, 0) is 30.2 Å². The maximum absolute atomic E-state index is 13.5. The molecule has 0 spiro atoms. The van der Waals surface area contributed by atoms with Crippen LogP contribution in [0.4, 0.5) is 0 Å². The van der Waals surface area contributed by atoms with Gasteiger partial charge in [0.25, 0.3) is 0 Å². The van der Waals surface area contributed by atoms with Gasteiger partial charge in [0.15, 0.2) is 5.78 Å². The van der Waals surface area contributed by atoms with E-state index in [2.05, 4.69) is 21.0 Å². The van der Waals surface area contributed by atoms with E-state index in [0.29, 0.717) is 12.1 Å². The number of carbonyl (C=O) groups is 3. The number of likely N-dealkylation sites (tertiary alicyclic amines) is 1. The minimum atomic E-state index is -0.802. The van der Waals surface area contributed by atoms with Crippen LogP contribution >= 0.6 is 15.9 Å². The van der Waals surface area contributed by atoms with E-state index in [9.17, 15) is 14.4 Å². The van der Waals surface area contributed by atoms with Crippen molar-refractivity contribution in [3.8, 4) is 0 Å². The van der Waals surface area contributed by atoms with Crippen molar-refractivity contribution in [1.82, 2.24) is 9.91 Å². The van der Waals surface area contributed by atoms with Crippen LogP contribution in [0.25, 0.3) is 0 Å². The molecule has 0 N–H and O–H groups in total. The summed E-state index contributed by atoms with van der Waals surface area (Å²) in [4.78, 5) is 41.1. The number of halogens is 1. The maximum Gasteiger partial charge on any atom is 0.235 e. The molecule has 5 rings (SSSR count). The van der Waals surface area contributed by atoms with Crippen molar-refractivity contribution < 1.29 is 14.4 Å². The molecule has 29 heavy (non-hydrogen) atoms. The molecular weight excluding hydrogens is 434 g/mol. The van der Waals surface area contributed by atoms with E-state index < -0.39 is 23.9 Å². The molecule has 7 heteroatoms. The van der Waals surface area contributed by atoms with Crippen LogP contribution in [0.1, 0.15) is 34.5 Å². The Balaban J connectivity index is 1.65. The van der Waals surface area contributed by atoms with Crippen molar-refractivity contribution >= 4 is 39.7 Å². The first-order valence-corrected chi connectivity index (χ1v) is 10.4. The normalized spacial score (nSPS) is 27.1. The highest BCUT2D eigenvalue weighted by atomic mass is 79.9. The molecule has 2 saturated heterocycles. The maximum atomic E-state index is 13.5. The molecule has 3 aliphatic rings. The van der Waals surface area contributed by atoms with Gasteiger partial charge in [0.2, 0.25) is 11.8 Å². The summed E-state index contributed by atoms with van der Waals surface area (Å²) in [7, 11) is 0. The van der Waals surface area contributed by atoms with Crippen molar-refractivity contribution in [3.63, 3.8) is 0 Å². The Bertz CT molecular complexity index is 1070. The molecule has 2 amide bonds. The second-order valence-electron chi connectivity index (χ2n) is 7.49. The van der Waals surface area contributed by atoms with Crippen LogP contribution < -0.4 is 0 Å². The molecular formula is C22H18BrN3O3. The summed E-state index contributed by atoms with van der Waals surface area (Å²) in [5.74, 6) is -2.02. The number of hydrogen-bond donors (Lipinski definition) is 0. The molecule has 0 unspecified atom stereocenters. The van der Waals surface area contributed by atoms with E-state index >= 15 is 0 Å². The molecule has 0 aromatic heterocycles. The molecule has 3 aliphatic heterocycles. The Kier molecular flexibility index (Phi) is 4.17. The number of ketones is 1. The topological polar surface area (TPSA) is 70.1 Å². The third kappa shape index (κ3) is 2.53. The summed E-state index contributed by atoms with van der Waals surface area (Å²) < 4.78 is 0.866. The van der Waals surface area contributed by atoms with Crippen LogP contribution in [0, 0.1) is 11.8 Å². The van der Waals surface area contributed by atoms with Gasteiger partial charge in [-0.15, -0.1) is 0 Å². The predicted octanol–water partition coefficient (Wildman–Crippen LogP) is 3.03. The summed E-state index contributed by atoms with van der Waals surface area (Å²) in [5, 5.41) is 6.22. The van der Waals surface area contributed by atoms with Crippen molar-refractivity contribution in [3.05, 3.63) is 69.7 Å². The standard InChI is InChI=1S/C22H18BrN3O3/c1-2-25-21(28)16-17(22(25)29)19(20(27)12-7-9-14(23)10-8-12)26-18(16)15-6-4-3-5-13(15)11-24-26/h3-11,16-19H,2H2,1H3/t16-,17-,18-,19+/m1/s1. The number of hydrazone groups is 1. The number of nitrogens with zero attached hydrogens (tertiary/aromatic N) is 3. The molecule has 0 bridgehead atoms. The van der Waals surface area contributed by atoms with Crippen molar-refractivity contribution in [2.24, 2.45) is 16.9 Å². The number of benzene rings is 2. The molecule has 0 aliphatic carbocycles. The zero-order chi connectivity index (χ0) is 20.3. The fourth-order valence-corrected chi connectivity index (χ4v) is 5.09. The SMILES string of the molecule is CCN1C(=O)[C@@H]2[C@@H](C1=O)[C@H]1c3ccccc3C=NN1[C@@H]2C(=O)c1ccc(Br)cc1. The number of hydrogen-bond acceptors (Lipinski definition) is 5. The average Bonchev–Trinajstić information content (AvgIpc) is 3.21. The predicted molar refractivity (Wildman–Crippen MR) is 110 cm³/mol. The fourth-order valence-electron chi connectivity index (χ4n) is 4.83. The Hall–Kier alpha value is -2.80. The third-order valence-corrected chi connectivity index (χ3v) is 6.63. The van der Waals surface area contributed by atoms with Crippen molar-refractivity contribution in [2.75, 3.05) is 6.54 Å². The molecule has 4 atom stereocenters. The Morgan fingerprint density at radius 1 is 1.03 bits per heavy atom. The molecule has 6 nitrogen and oxygen atoms in total. The highest BCUT2D eigenvalue weighted by Gasteiger charge is 2.64. The van der Waals surface area contributed by atoms with Gasteiger partial charge in [0, 0.05) is 16.6 Å². The van der Waals surface area contributed by atoms with Gasteiger partial charge < -0.3 is 0 Å². The first kappa shape index (κ1) is 18.2. The molecule has 146 valence electrons. The van der Waals surface area contributed by atoms with Crippen molar-refractivity contribution in [2.45, 2.75) is 19.0 Å². The minimum Gasteiger partial charge on any atom is -0.292 e. The van der Waals surface area contributed by atoms with E-state index in [-0.39, 0.29) is 17.6 Å². The molecule has 2 aromatic carbocycles. The lowest BCUT2D eigenvalue weighted by atomic mass is 9.83. The Morgan fingerprint density at radius 2 is 1.72 bits per heavy atom. The first-order valence-electron chi connectivity index (χ1n) is 9.59. The number of rotatable bonds is 3. The van der Waals surface area contributed by atoms with Crippen molar-refractivity contribution in [1.29, 1.82) is 0 Å². The lowest BCUT2D eigenvalue weighted by Crippen LogP contribution is -2.44. The van der Waals surface area contributed by atoms with Crippen LogP contribution in [0.5, 0.6) is 0 Å². The average molecular weight is 452 g/mol. The second kappa shape index (κ2) is 6.62. The van der Waals surface area contributed by atoms with Crippen LogP contribution in [-0.2, 0) is 9.59 Å². The van der Waals surface area contributed by atoms with Gasteiger partial charge >= 0.3 is 0 Å². The zero-order valence-corrected chi connectivity index (χ0v) is 17.2. The van der Waals surface area contributed by atoms with E-state index in [1.54, 1.807) is 42.4 Å².